The molecule has 0 radical (unpaired) electrons. The minimum absolute atomic E-state index is 0.0712. The zero-order valence-corrected chi connectivity index (χ0v) is 16.3. The van der Waals surface area contributed by atoms with Gasteiger partial charge in [0.1, 0.15) is 5.75 Å². The molecule has 1 heterocycles. The Kier molecular flexibility index (Phi) is 5.89. The minimum Gasteiger partial charge on any atom is -0.494 e. The first-order valence-corrected chi connectivity index (χ1v) is 9.81. The van der Waals surface area contributed by atoms with Crippen molar-refractivity contribution in [3.05, 3.63) is 48.5 Å². The van der Waals surface area contributed by atoms with Gasteiger partial charge in [-0.3, -0.25) is 9.69 Å². The van der Waals surface area contributed by atoms with Gasteiger partial charge in [-0.1, -0.05) is 37.3 Å². The number of anilines is 2. The molecule has 0 spiro atoms. The standard InChI is InChI=1S/C21H24N2O2S/c1-4-25-17-12-10-16(11-13-17)23(20(24)14-9-15(2)3)21-22-18-7-5-6-8-19(18)26-21/h5-8,10-13,15H,4,9,14H2,1-3H3. The number of fused-ring (bicyclic) bond motifs is 1. The molecule has 0 aliphatic heterocycles. The lowest BCUT2D eigenvalue weighted by Crippen LogP contribution is -2.25. The Labute approximate surface area is 158 Å². The van der Waals surface area contributed by atoms with Gasteiger partial charge in [-0.2, -0.15) is 0 Å². The highest BCUT2D eigenvalue weighted by atomic mass is 32.1. The highest BCUT2D eigenvalue weighted by molar-refractivity contribution is 7.22. The third kappa shape index (κ3) is 4.22. The Bertz CT molecular complexity index is 838. The smallest absolute Gasteiger partial charge is 0.233 e. The van der Waals surface area contributed by atoms with Crippen LogP contribution >= 0.6 is 11.3 Å². The summed E-state index contributed by atoms with van der Waals surface area (Å²) in [5.74, 6) is 1.36. The van der Waals surface area contributed by atoms with Crippen molar-refractivity contribution < 1.29 is 9.53 Å². The molecule has 0 fully saturated rings. The van der Waals surface area contributed by atoms with Crippen LogP contribution in [0.15, 0.2) is 48.5 Å². The Hall–Kier alpha value is -2.40. The van der Waals surface area contributed by atoms with Crippen LogP contribution in [0.3, 0.4) is 0 Å². The number of hydrogen-bond acceptors (Lipinski definition) is 4. The second kappa shape index (κ2) is 8.32. The van der Waals surface area contributed by atoms with E-state index in [2.05, 4.69) is 18.8 Å². The van der Waals surface area contributed by atoms with E-state index in [9.17, 15) is 4.79 Å². The van der Waals surface area contributed by atoms with E-state index in [1.165, 1.54) is 11.3 Å². The minimum atomic E-state index is 0.0712. The molecule has 4 nitrogen and oxygen atoms in total. The largest absolute Gasteiger partial charge is 0.494 e. The summed E-state index contributed by atoms with van der Waals surface area (Å²) < 4.78 is 6.60. The van der Waals surface area contributed by atoms with Crippen molar-refractivity contribution in [3.63, 3.8) is 0 Å². The van der Waals surface area contributed by atoms with E-state index in [0.717, 1.165) is 28.1 Å². The molecule has 136 valence electrons. The number of ether oxygens (including phenoxy) is 1. The monoisotopic (exact) mass is 368 g/mol. The first-order chi connectivity index (χ1) is 12.6. The van der Waals surface area contributed by atoms with E-state index in [-0.39, 0.29) is 5.91 Å². The molecule has 3 aromatic rings. The van der Waals surface area contributed by atoms with Gasteiger partial charge < -0.3 is 4.74 Å². The van der Waals surface area contributed by atoms with Crippen molar-refractivity contribution >= 4 is 38.3 Å². The van der Waals surface area contributed by atoms with Gasteiger partial charge in [0, 0.05) is 6.42 Å². The van der Waals surface area contributed by atoms with Crippen molar-refractivity contribution in [2.75, 3.05) is 11.5 Å². The Morgan fingerprint density at radius 3 is 2.54 bits per heavy atom. The lowest BCUT2D eigenvalue weighted by Gasteiger charge is -2.21. The maximum atomic E-state index is 13.0. The van der Waals surface area contributed by atoms with Gasteiger partial charge in [-0.05, 0) is 55.7 Å². The van der Waals surface area contributed by atoms with E-state index in [1.54, 1.807) is 4.90 Å². The maximum Gasteiger partial charge on any atom is 0.233 e. The highest BCUT2D eigenvalue weighted by Crippen LogP contribution is 2.34. The van der Waals surface area contributed by atoms with Gasteiger partial charge in [0.05, 0.1) is 22.5 Å². The summed E-state index contributed by atoms with van der Waals surface area (Å²) in [4.78, 5) is 19.4. The van der Waals surface area contributed by atoms with Gasteiger partial charge in [0.25, 0.3) is 0 Å². The van der Waals surface area contributed by atoms with Crippen LogP contribution in [0.25, 0.3) is 10.2 Å². The SMILES string of the molecule is CCOc1ccc(N(C(=O)CCC(C)C)c2nc3ccccc3s2)cc1. The predicted molar refractivity (Wildman–Crippen MR) is 108 cm³/mol. The van der Waals surface area contributed by atoms with E-state index in [4.69, 9.17) is 4.74 Å². The van der Waals surface area contributed by atoms with Crippen molar-refractivity contribution in [1.82, 2.24) is 4.98 Å². The van der Waals surface area contributed by atoms with Crippen molar-refractivity contribution in [2.24, 2.45) is 5.92 Å². The summed E-state index contributed by atoms with van der Waals surface area (Å²) in [6.07, 6.45) is 1.36. The summed E-state index contributed by atoms with van der Waals surface area (Å²) in [5, 5.41) is 0.712. The molecule has 0 aliphatic rings. The first kappa shape index (κ1) is 18.4. The van der Waals surface area contributed by atoms with Gasteiger partial charge in [-0.25, -0.2) is 4.98 Å². The van der Waals surface area contributed by atoms with Crippen molar-refractivity contribution in [2.45, 2.75) is 33.6 Å². The van der Waals surface area contributed by atoms with E-state index in [0.29, 0.717) is 24.1 Å². The molecule has 0 atom stereocenters. The molecule has 0 saturated heterocycles. The van der Waals surface area contributed by atoms with Gasteiger partial charge in [0.2, 0.25) is 5.91 Å². The van der Waals surface area contributed by atoms with Gasteiger partial charge in [0.15, 0.2) is 5.13 Å². The zero-order valence-electron chi connectivity index (χ0n) is 15.4. The van der Waals surface area contributed by atoms with Crippen molar-refractivity contribution in [3.8, 4) is 5.75 Å². The Balaban J connectivity index is 1.96. The third-order valence-corrected chi connectivity index (χ3v) is 5.09. The molecule has 26 heavy (non-hydrogen) atoms. The molecule has 0 bridgehead atoms. The summed E-state index contributed by atoms with van der Waals surface area (Å²) in [6, 6.07) is 15.6. The van der Waals surface area contributed by atoms with Gasteiger partial charge in [-0.15, -0.1) is 0 Å². The van der Waals surface area contributed by atoms with Crippen LogP contribution in [0.2, 0.25) is 0 Å². The van der Waals surface area contributed by atoms with Gasteiger partial charge >= 0.3 is 0 Å². The lowest BCUT2D eigenvalue weighted by molar-refractivity contribution is -0.118. The summed E-state index contributed by atoms with van der Waals surface area (Å²) in [6.45, 7) is 6.84. The molecule has 0 N–H and O–H groups in total. The molecule has 5 heteroatoms. The molecule has 0 saturated carbocycles. The van der Waals surface area contributed by atoms with Crippen LogP contribution in [-0.2, 0) is 4.79 Å². The number of amides is 1. The zero-order chi connectivity index (χ0) is 18.5. The number of para-hydroxylation sites is 1. The number of benzene rings is 2. The number of carbonyl (C=O) groups excluding carboxylic acids is 1. The second-order valence-electron chi connectivity index (χ2n) is 6.55. The van der Waals surface area contributed by atoms with Crippen LogP contribution in [0.4, 0.5) is 10.8 Å². The predicted octanol–water partition coefficient (Wildman–Crippen LogP) is 5.80. The number of aromatic nitrogens is 1. The van der Waals surface area contributed by atoms with Crippen LogP contribution < -0.4 is 9.64 Å². The van der Waals surface area contributed by atoms with Crippen LogP contribution in [0, 0.1) is 5.92 Å². The average molecular weight is 369 g/mol. The molecule has 1 amide bonds. The third-order valence-electron chi connectivity index (χ3n) is 4.06. The second-order valence-corrected chi connectivity index (χ2v) is 7.56. The number of rotatable bonds is 7. The normalized spacial score (nSPS) is 11.1. The molecule has 1 aromatic heterocycles. The fourth-order valence-electron chi connectivity index (χ4n) is 2.70. The van der Waals surface area contributed by atoms with Crippen LogP contribution in [0.5, 0.6) is 5.75 Å². The summed E-state index contributed by atoms with van der Waals surface area (Å²) in [5.41, 5.74) is 1.74. The number of nitrogens with zero attached hydrogens (tertiary/aromatic N) is 2. The van der Waals surface area contributed by atoms with Crippen LogP contribution in [0.1, 0.15) is 33.6 Å². The molecular weight excluding hydrogens is 344 g/mol. The molecule has 0 aliphatic carbocycles. The number of carbonyl (C=O) groups is 1. The summed E-state index contributed by atoms with van der Waals surface area (Å²) >= 11 is 1.54. The highest BCUT2D eigenvalue weighted by Gasteiger charge is 2.22. The van der Waals surface area contributed by atoms with E-state index < -0.39 is 0 Å². The topological polar surface area (TPSA) is 42.4 Å². The molecule has 2 aromatic carbocycles. The van der Waals surface area contributed by atoms with Crippen LogP contribution in [-0.4, -0.2) is 17.5 Å². The Morgan fingerprint density at radius 1 is 1.15 bits per heavy atom. The lowest BCUT2D eigenvalue weighted by atomic mass is 10.1. The Morgan fingerprint density at radius 2 is 1.88 bits per heavy atom. The average Bonchev–Trinajstić information content (AvgIpc) is 3.05. The first-order valence-electron chi connectivity index (χ1n) is 9.00. The fraction of sp³-hybridized carbons (Fsp3) is 0.333. The quantitative estimate of drug-likeness (QED) is 0.529. The fourth-order valence-corrected chi connectivity index (χ4v) is 3.70. The molecule has 3 rings (SSSR count). The van der Waals surface area contributed by atoms with E-state index in [1.807, 2.05) is 55.5 Å². The van der Waals surface area contributed by atoms with E-state index >= 15 is 0 Å². The van der Waals surface area contributed by atoms with Crippen molar-refractivity contribution in [1.29, 1.82) is 0 Å². The molecule has 0 unspecified atom stereocenters. The summed E-state index contributed by atoms with van der Waals surface area (Å²) in [7, 11) is 0. The number of thiazole rings is 1. The maximum absolute atomic E-state index is 13.0. The number of hydrogen-bond donors (Lipinski definition) is 0. The molecular formula is C21H24N2O2S.